The molecule has 25 heavy (non-hydrogen) atoms. The minimum Gasteiger partial charge on any atom is -0.261 e. The molecule has 3 heterocycles. The molecule has 0 saturated carbocycles. The Hall–Kier alpha value is -3.45. The molecular formula is C21H16N4. The number of fused-ring (bicyclic) bond motifs is 1. The number of pyridine rings is 2. The summed E-state index contributed by atoms with van der Waals surface area (Å²) in [6.45, 7) is 4.03. The lowest BCUT2D eigenvalue weighted by Crippen LogP contribution is -1.94. The summed E-state index contributed by atoms with van der Waals surface area (Å²) < 4.78 is 1.78. The molecule has 0 spiro atoms. The highest BCUT2D eigenvalue weighted by molar-refractivity contribution is 5.87. The van der Waals surface area contributed by atoms with E-state index in [1.165, 1.54) is 5.56 Å². The minimum atomic E-state index is 0.561. The van der Waals surface area contributed by atoms with E-state index in [4.69, 9.17) is 0 Å². The Morgan fingerprint density at radius 3 is 2.36 bits per heavy atom. The van der Waals surface area contributed by atoms with Gasteiger partial charge in [0.2, 0.25) is 0 Å². The first-order chi connectivity index (χ1) is 12.2. The van der Waals surface area contributed by atoms with E-state index in [1.54, 1.807) is 10.7 Å². The topological polar surface area (TPSA) is 54.0 Å². The van der Waals surface area contributed by atoms with Crippen molar-refractivity contribution in [1.29, 1.82) is 5.26 Å². The zero-order valence-electron chi connectivity index (χ0n) is 14.1. The number of hydrogen-bond donors (Lipinski definition) is 0. The van der Waals surface area contributed by atoms with Crippen LogP contribution in [0.1, 0.15) is 16.8 Å². The van der Waals surface area contributed by atoms with E-state index in [9.17, 15) is 5.26 Å². The molecule has 0 radical (unpaired) electrons. The second-order valence-electron chi connectivity index (χ2n) is 6.16. The van der Waals surface area contributed by atoms with Crippen LogP contribution < -0.4 is 0 Å². The fraction of sp³-hybridized carbons (Fsp3) is 0.0952. The predicted molar refractivity (Wildman–Crippen MR) is 98.0 cm³/mol. The van der Waals surface area contributed by atoms with Crippen LogP contribution in [0.4, 0.5) is 0 Å². The van der Waals surface area contributed by atoms with Crippen molar-refractivity contribution in [2.45, 2.75) is 13.8 Å². The first-order valence-corrected chi connectivity index (χ1v) is 8.07. The summed E-state index contributed by atoms with van der Waals surface area (Å²) in [5, 5.41) is 13.8. The van der Waals surface area contributed by atoms with Crippen molar-refractivity contribution in [3.8, 4) is 28.3 Å². The summed E-state index contributed by atoms with van der Waals surface area (Å²) in [6.07, 6.45) is 5.42. The summed E-state index contributed by atoms with van der Waals surface area (Å²) in [5.41, 5.74) is 7.65. The van der Waals surface area contributed by atoms with E-state index in [-0.39, 0.29) is 0 Å². The third-order valence-corrected chi connectivity index (χ3v) is 4.34. The Labute approximate surface area is 146 Å². The van der Waals surface area contributed by atoms with Gasteiger partial charge in [0.15, 0.2) is 0 Å². The molecule has 0 aliphatic rings. The summed E-state index contributed by atoms with van der Waals surface area (Å²) in [7, 11) is 0. The fourth-order valence-corrected chi connectivity index (χ4v) is 2.95. The summed E-state index contributed by atoms with van der Waals surface area (Å²) in [5.74, 6) is 0. The van der Waals surface area contributed by atoms with Crippen LogP contribution in [-0.4, -0.2) is 14.6 Å². The predicted octanol–water partition coefficient (Wildman–Crippen LogP) is 4.55. The average Bonchev–Trinajstić information content (AvgIpc) is 3.05. The van der Waals surface area contributed by atoms with Crippen LogP contribution in [0, 0.1) is 25.2 Å². The van der Waals surface area contributed by atoms with Crippen molar-refractivity contribution < 1.29 is 0 Å². The number of rotatable bonds is 2. The largest absolute Gasteiger partial charge is 0.261 e. The maximum Gasteiger partial charge on any atom is 0.103 e. The van der Waals surface area contributed by atoms with Gasteiger partial charge in [-0.05, 0) is 31.5 Å². The molecule has 120 valence electrons. The van der Waals surface area contributed by atoms with Gasteiger partial charge in [0.05, 0.1) is 17.3 Å². The number of nitrogens with zero attached hydrogens (tertiary/aromatic N) is 4. The van der Waals surface area contributed by atoms with Crippen molar-refractivity contribution in [2.24, 2.45) is 0 Å². The number of benzene rings is 1. The van der Waals surface area contributed by atoms with Crippen LogP contribution in [0.25, 0.3) is 27.8 Å². The molecule has 0 N–H and O–H groups in total. The Kier molecular flexibility index (Phi) is 3.55. The zero-order valence-corrected chi connectivity index (χ0v) is 14.1. The van der Waals surface area contributed by atoms with Gasteiger partial charge in [-0.25, -0.2) is 4.52 Å². The second kappa shape index (κ2) is 5.88. The highest BCUT2D eigenvalue weighted by atomic mass is 15.2. The molecule has 0 fully saturated rings. The molecule has 0 bridgehead atoms. The van der Waals surface area contributed by atoms with E-state index in [0.29, 0.717) is 5.56 Å². The first-order valence-electron chi connectivity index (χ1n) is 8.07. The zero-order chi connectivity index (χ0) is 17.4. The average molecular weight is 324 g/mol. The molecule has 4 rings (SSSR count). The fourth-order valence-electron chi connectivity index (χ4n) is 2.95. The monoisotopic (exact) mass is 324 g/mol. The van der Waals surface area contributed by atoms with Gasteiger partial charge in [0.25, 0.3) is 0 Å². The Bertz CT molecular complexity index is 1100. The Morgan fingerprint density at radius 1 is 0.920 bits per heavy atom. The second-order valence-corrected chi connectivity index (χ2v) is 6.16. The van der Waals surface area contributed by atoms with E-state index < -0.39 is 0 Å². The lowest BCUT2D eigenvalue weighted by molar-refractivity contribution is 0.963. The number of aryl methyl sites for hydroxylation is 2. The van der Waals surface area contributed by atoms with Gasteiger partial charge in [-0.1, -0.05) is 35.9 Å². The Morgan fingerprint density at radius 2 is 1.68 bits per heavy atom. The molecule has 4 heteroatoms. The molecule has 4 aromatic rings. The van der Waals surface area contributed by atoms with Crippen LogP contribution >= 0.6 is 0 Å². The van der Waals surface area contributed by atoms with Crippen molar-refractivity contribution in [2.75, 3.05) is 0 Å². The maximum absolute atomic E-state index is 9.44. The SMILES string of the molecule is Cc1ccc(-c2cc(-c3ccc(C)nc3)c3c(C#N)cnn3c2)cc1. The lowest BCUT2D eigenvalue weighted by atomic mass is 9.99. The summed E-state index contributed by atoms with van der Waals surface area (Å²) in [4.78, 5) is 4.40. The highest BCUT2D eigenvalue weighted by Crippen LogP contribution is 2.31. The van der Waals surface area contributed by atoms with Crippen LogP contribution in [0.15, 0.2) is 61.1 Å². The van der Waals surface area contributed by atoms with Crippen LogP contribution in [0.5, 0.6) is 0 Å². The van der Waals surface area contributed by atoms with Crippen molar-refractivity contribution >= 4 is 5.52 Å². The smallest absolute Gasteiger partial charge is 0.103 e. The number of hydrogen-bond acceptors (Lipinski definition) is 3. The molecule has 3 aromatic heterocycles. The van der Waals surface area contributed by atoms with E-state index in [1.807, 2.05) is 31.5 Å². The van der Waals surface area contributed by atoms with Gasteiger partial charge >= 0.3 is 0 Å². The lowest BCUT2D eigenvalue weighted by Gasteiger charge is -2.10. The van der Waals surface area contributed by atoms with E-state index in [2.05, 4.69) is 53.4 Å². The minimum absolute atomic E-state index is 0.561. The van der Waals surface area contributed by atoms with Crippen molar-refractivity contribution in [3.05, 3.63) is 77.9 Å². The van der Waals surface area contributed by atoms with Gasteiger partial charge in [0.1, 0.15) is 6.07 Å². The van der Waals surface area contributed by atoms with E-state index >= 15 is 0 Å². The molecule has 1 aromatic carbocycles. The van der Waals surface area contributed by atoms with Crippen LogP contribution in [0.2, 0.25) is 0 Å². The van der Waals surface area contributed by atoms with Gasteiger partial charge in [-0.15, -0.1) is 0 Å². The molecule has 0 atom stereocenters. The Balaban J connectivity index is 2.00. The normalized spacial score (nSPS) is 10.8. The summed E-state index contributed by atoms with van der Waals surface area (Å²) >= 11 is 0. The summed E-state index contributed by atoms with van der Waals surface area (Å²) in [6, 6.07) is 16.7. The number of aromatic nitrogens is 3. The third kappa shape index (κ3) is 2.66. The maximum atomic E-state index is 9.44. The standard InChI is InChI=1S/C21H16N4/c1-14-3-6-16(7-4-14)18-9-20(17-8-5-15(2)23-11-17)21-19(10-22)12-24-25(21)13-18/h3-9,11-13H,1-2H3. The molecule has 0 amide bonds. The van der Waals surface area contributed by atoms with Crippen molar-refractivity contribution in [3.63, 3.8) is 0 Å². The molecular weight excluding hydrogens is 308 g/mol. The van der Waals surface area contributed by atoms with Crippen molar-refractivity contribution in [1.82, 2.24) is 14.6 Å². The molecule has 0 aliphatic carbocycles. The van der Waals surface area contributed by atoms with Crippen LogP contribution in [0.3, 0.4) is 0 Å². The van der Waals surface area contributed by atoms with Gasteiger partial charge in [0, 0.05) is 34.8 Å². The van der Waals surface area contributed by atoms with E-state index in [0.717, 1.165) is 33.5 Å². The third-order valence-electron chi connectivity index (χ3n) is 4.34. The molecule has 0 aliphatic heterocycles. The number of nitriles is 1. The molecule has 4 nitrogen and oxygen atoms in total. The quantitative estimate of drug-likeness (QED) is 0.543. The molecule has 0 saturated heterocycles. The van der Waals surface area contributed by atoms with Crippen LogP contribution in [-0.2, 0) is 0 Å². The highest BCUT2D eigenvalue weighted by Gasteiger charge is 2.13. The van der Waals surface area contributed by atoms with Gasteiger partial charge in [-0.3, -0.25) is 4.98 Å². The van der Waals surface area contributed by atoms with Gasteiger partial charge in [-0.2, -0.15) is 10.4 Å². The first kappa shape index (κ1) is 15.1. The molecule has 0 unspecified atom stereocenters. The van der Waals surface area contributed by atoms with Gasteiger partial charge < -0.3 is 0 Å².